The van der Waals surface area contributed by atoms with Crippen molar-refractivity contribution in [3.05, 3.63) is 23.4 Å². The molecule has 4 aliphatic carbocycles. The van der Waals surface area contributed by atoms with E-state index in [0.29, 0.717) is 11.7 Å². The maximum atomic E-state index is 12.8. The zero-order chi connectivity index (χ0) is 16.1. The van der Waals surface area contributed by atoms with Gasteiger partial charge < -0.3 is 9.26 Å². The molecule has 126 valence electrons. The minimum atomic E-state index is -0.231. The lowest BCUT2D eigenvalue weighted by Crippen LogP contribution is -2.50. The van der Waals surface area contributed by atoms with Crippen LogP contribution in [-0.4, -0.2) is 16.1 Å². The van der Waals surface area contributed by atoms with Crippen molar-refractivity contribution in [3.8, 4) is 10.7 Å². The molecular formula is C18H20N2O3S. The first-order valence-corrected chi connectivity index (χ1v) is 9.62. The molecule has 0 amide bonds. The minimum Gasteiger partial charge on any atom is -0.455 e. The summed E-state index contributed by atoms with van der Waals surface area (Å²) in [4.78, 5) is 18.1. The molecule has 4 saturated carbocycles. The number of carbonyl (C=O) groups is 1. The maximum absolute atomic E-state index is 12.8. The Morgan fingerprint density at radius 1 is 1.25 bits per heavy atom. The second-order valence-corrected chi connectivity index (χ2v) is 8.71. The third-order valence-electron chi connectivity index (χ3n) is 6.01. The monoisotopic (exact) mass is 344 g/mol. The summed E-state index contributed by atoms with van der Waals surface area (Å²) in [5, 5.41) is 5.93. The van der Waals surface area contributed by atoms with Gasteiger partial charge in [-0.3, -0.25) is 4.79 Å². The molecule has 0 unspecified atom stereocenters. The molecule has 4 aliphatic rings. The number of aromatic nitrogens is 2. The summed E-state index contributed by atoms with van der Waals surface area (Å²) in [5.41, 5.74) is -0.231. The van der Waals surface area contributed by atoms with Crippen molar-refractivity contribution < 1.29 is 14.1 Å². The zero-order valence-corrected chi connectivity index (χ0v) is 14.3. The lowest BCUT2D eigenvalue weighted by Gasteiger charge is -2.55. The molecule has 0 aromatic carbocycles. The Morgan fingerprint density at radius 3 is 2.58 bits per heavy atom. The second-order valence-electron chi connectivity index (χ2n) is 7.76. The van der Waals surface area contributed by atoms with E-state index >= 15 is 0 Å². The van der Waals surface area contributed by atoms with Crippen LogP contribution in [0.4, 0.5) is 0 Å². The highest BCUT2D eigenvalue weighted by atomic mass is 32.1. The van der Waals surface area contributed by atoms with Crippen LogP contribution in [0.2, 0.25) is 0 Å². The summed E-state index contributed by atoms with van der Waals surface area (Å²) < 4.78 is 10.8. The van der Waals surface area contributed by atoms with Crippen LogP contribution in [0.5, 0.6) is 0 Å². The van der Waals surface area contributed by atoms with E-state index in [1.807, 2.05) is 17.5 Å². The molecule has 4 fully saturated rings. The smallest absolute Gasteiger partial charge is 0.312 e. The third-order valence-corrected chi connectivity index (χ3v) is 6.87. The molecule has 0 radical (unpaired) electrons. The maximum Gasteiger partial charge on any atom is 0.312 e. The summed E-state index contributed by atoms with van der Waals surface area (Å²) in [6.45, 7) is 0.0823. The lowest BCUT2D eigenvalue weighted by atomic mass is 9.49. The van der Waals surface area contributed by atoms with Gasteiger partial charge in [-0.05, 0) is 67.7 Å². The highest BCUT2D eigenvalue weighted by Crippen LogP contribution is 2.60. The van der Waals surface area contributed by atoms with Crippen LogP contribution < -0.4 is 0 Å². The summed E-state index contributed by atoms with van der Waals surface area (Å²) in [6, 6.07) is 3.89. The Labute approximate surface area is 144 Å². The van der Waals surface area contributed by atoms with Gasteiger partial charge in [0.2, 0.25) is 5.82 Å². The van der Waals surface area contributed by atoms with E-state index in [4.69, 9.17) is 9.26 Å². The predicted octanol–water partition coefficient (Wildman–Crippen LogP) is 4.06. The molecule has 5 nitrogen and oxygen atoms in total. The lowest BCUT2D eigenvalue weighted by molar-refractivity contribution is -0.173. The van der Waals surface area contributed by atoms with E-state index in [0.717, 1.165) is 41.9 Å². The summed E-state index contributed by atoms with van der Waals surface area (Å²) >= 11 is 1.56. The standard InChI is InChI=1S/C18H20N2O3S/c21-17(18-7-11-4-12(8-18)6-13(5-11)9-18)22-10-15-19-16(20-23-15)14-2-1-3-24-14/h1-3,11-13H,4-10H2. The molecular weight excluding hydrogens is 324 g/mol. The van der Waals surface area contributed by atoms with Gasteiger partial charge in [0.1, 0.15) is 0 Å². The SMILES string of the molecule is O=C(OCc1nc(-c2cccs2)no1)C12CC3CC(CC(C3)C1)C2. The molecule has 0 spiro atoms. The third kappa shape index (κ3) is 2.39. The largest absolute Gasteiger partial charge is 0.455 e. The molecule has 0 aliphatic heterocycles. The number of esters is 1. The fraction of sp³-hybridized carbons (Fsp3) is 0.611. The highest BCUT2D eigenvalue weighted by molar-refractivity contribution is 7.13. The van der Waals surface area contributed by atoms with Crippen molar-refractivity contribution in [2.45, 2.75) is 45.1 Å². The zero-order valence-electron chi connectivity index (χ0n) is 13.4. The Kier molecular flexibility index (Phi) is 3.30. The first-order chi connectivity index (χ1) is 11.7. The van der Waals surface area contributed by atoms with Crippen molar-refractivity contribution >= 4 is 17.3 Å². The highest BCUT2D eigenvalue weighted by Gasteiger charge is 2.55. The van der Waals surface area contributed by atoms with Crippen LogP contribution in [-0.2, 0) is 16.1 Å². The summed E-state index contributed by atoms with van der Waals surface area (Å²) in [6.07, 6.45) is 7.01. The molecule has 6 rings (SSSR count). The van der Waals surface area contributed by atoms with Crippen LogP contribution >= 0.6 is 11.3 Å². The van der Waals surface area contributed by atoms with Gasteiger partial charge in [-0.25, -0.2) is 0 Å². The molecule has 4 bridgehead atoms. The number of rotatable bonds is 4. The number of carbonyl (C=O) groups excluding carboxylic acids is 1. The van der Waals surface area contributed by atoms with Gasteiger partial charge >= 0.3 is 5.97 Å². The normalized spacial score (nSPS) is 33.8. The molecule has 0 saturated heterocycles. The van der Waals surface area contributed by atoms with Crippen molar-refractivity contribution in [2.24, 2.45) is 23.2 Å². The van der Waals surface area contributed by atoms with E-state index < -0.39 is 0 Å². The molecule has 2 aromatic heterocycles. The Balaban J connectivity index is 1.26. The second kappa shape index (κ2) is 5.41. The minimum absolute atomic E-state index is 0.0440. The predicted molar refractivity (Wildman–Crippen MR) is 88.0 cm³/mol. The van der Waals surface area contributed by atoms with Crippen molar-refractivity contribution in [2.75, 3.05) is 0 Å². The van der Waals surface area contributed by atoms with Crippen LogP contribution in [0.3, 0.4) is 0 Å². The average molecular weight is 344 g/mol. The molecule has 2 heterocycles. The quantitative estimate of drug-likeness (QED) is 0.783. The number of nitrogens with zero attached hydrogens (tertiary/aromatic N) is 2. The van der Waals surface area contributed by atoms with E-state index in [1.165, 1.54) is 19.3 Å². The topological polar surface area (TPSA) is 65.2 Å². The van der Waals surface area contributed by atoms with Crippen LogP contribution in [0.1, 0.15) is 44.4 Å². The van der Waals surface area contributed by atoms with Crippen molar-refractivity contribution in [1.29, 1.82) is 0 Å². The first-order valence-electron chi connectivity index (χ1n) is 8.74. The van der Waals surface area contributed by atoms with E-state index in [-0.39, 0.29) is 18.0 Å². The van der Waals surface area contributed by atoms with Gasteiger partial charge in [0.15, 0.2) is 6.61 Å². The fourth-order valence-corrected chi connectivity index (χ4v) is 6.11. The van der Waals surface area contributed by atoms with Crippen LogP contribution in [0, 0.1) is 23.2 Å². The van der Waals surface area contributed by atoms with Gasteiger partial charge in [0.25, 0.3) is 5.89 Å². The van der Waals surface area contributed by atoms with Crippen molar-refractivity contribution in [3.63, 3.8) is 0 Å². The Hall–Kier alpha value is -1.69. The number of thiophene rings is 1. The molecule has 0 atom stereocenters. The van der Waals surface area contributed by atoms with E-state index in [2.05, 4.69) is 10.1 Å². The van der Waals surface area contributed by atoms with Gasteiger partial charge in [0.05, 0.1) is 10.3 Å². The first kappa shape index (κ1) is 14.6. The van der Waals surface area contributed by atoms with Crippen molar-refractivity contribution in [1.82, 2.24) is 10.1 Å². The van der Waals surface area contributed by atoms with Gasteiger partial charge in [-0.15, -0.1) is 11.3 Å². The van der Waals surface area contributed by atoms with E-state index in [9.17, 15) is 4.79 Å². The van der Waals surface area contributed by atoms with Gasteiger partial charge in [-0.2, -0.15) is 4.98 Å². The summed E-state index contributed by atoms with van der Waals surface area (Å²) in [5.74, 6) is 3.09. The molecule has 24 heavy (non-hydrogen) atoms. The molecule has 2 aromatic rings. The molecule has 6 heteroatoms. The van der Waals surface area contributed by atoms with Gasteiger partial charge in [-0.1, -0.05) is 11.2 Å². The number of hydrogen-bond acceptors (Lipinski definition) is 6. The Bertz CT molecular complexity index is 717. The fourth-order valence-electron chi connectivity index (χ4n) is 5.46. The number of hydrogen-bond donors (Lipinski definition) is 0. The van der Waals surface area contributed by atoms with E-state index in [1.54, 1.807) is 11.3 Å². The van der Waals surface area contributed by atoms with Crippen LogP contribution in [0.25, 0.3) is 10.7 Å². The average Bonchev–Trinajstić information content (AvgIpc) is 3.22. The Morgan fingerprint density at radius 2 is 1.96 bits per heavy atom. The molecule has 0 N–H and O–H groups in total. The van der Waals surface area contributed by atoms with Crippen LogP contribution in [0.15, 0.2) is 22.0 Å². The summed E-state index contributed by atoms with van der Waals surface area (Å²) in [7, 11) is 0. The van der Waals surface area contributed by atoms with Gasteiger partial charge in [0, 0.05) is 0 Å². The number of ether oxygens (including phenoxy) is 1.